The topological polar surface area (TPSA) is 101 Å². The molecule has 1 aromatic carbocycles. The van der Waals surface area contributed by atoms with Crippen LogP contribution in [-0.2, 0) is 16.0 Å². The summed E-state index contributed by atoms with van der Waals surface area (Å²) in [7, 11) is 0. The summed E-state index contributed by atoms with van der Waals surface area (Å²) < 4.78 is 54.7. The molecule has 1 saturated heterocycles. The van der Waals surface area contributed by atoms with Gasteiger partial charge in [0.1, 0.15) is 23.2 Å². The number of nitriles is 1. The molecule has 4 saturated carbocycles. The molecule has 1 aliphatic heterocycles. The van der Waals surface area contributed by atoms with Crippen molar-refractivity contribution in [1.29, 1.82) is 5.26 Å². The lowest BCUT2D eigenvalue weighted by Gasteiger charge is -2.63. The van der Waals surface area contributed by atoms with Gasteiger partial charge in [-0.3, -0.25) is 0 Å². The zero-order valence-corrected chi connectivity index (χ0v) is 20.2. The third kappa shape index (κ3) is 4.57. The summed E-state index contributed by atoms with van der Waals surface area (Å²) in [5.41, 5.74) is 0.715. The minimum Gasteiger partial charge on any atom is -0.405 e. The van der Waals surface area contributed by atoms with Gasteiger partial charge in [-0.2, -0.15) is 10.2 Å². The van der Waals surface area contributed by atoms with Gasteiger partial charge in [0, 0.05) is 30.5 Å². The summed E-state index contributed by atoms with van der Waals surface area (Å²) >= 11 is 0. The number of aromatic nitrogens is 2. The average molecular weight is 516 g/mol. The van der Waals surface area contributed by atoms with E-state index in [0.29, 0.717) is 54.5 Å². The van der Waals surface area contributed by atoms with Crippen LogP contribution >= 0.6 is 0 Å². The number of rotatable bonds is 7. The maximum Gasteiger partial charge on any atom is 0.573 e. The summed E-state index contributed by atoms with van der Waals surface area (Å²) in [6.45, 7) is 2.03. The van der Waals surface area contributed by atoms with Gasteiger partial charge in [0.2, 0.25) is 5.95 Å². The smallest absolute Gasteiger partial charge is 0.405 e. The average Bonchev–Trinajstić information content (AvgIpc) is 3.35. The number of ether oxygens (including phenoxy) is 3. The molecular weight excluding hydrogens is 487 g/mol. The van der Waals surface area contributed by atoms with Gasteiger partial charge in [-0.1, -0.05) is 18.2 Å². The molecule has 2 aromatic rings. The van der Waals surface area contributed by atoms with E-state index in [2.05, 4.69) is 31.4 Å². The Kier molecular flexibility index (Phi) is 5.92. The monoisotopic (exact) mass is 515 g/mol. The zero-order valence-electron chi connectivity index (χ0n) is 20.2. The molecule has 2 N–H and O–H groups in total. The van der Waals surface area contributed by atoms with E-state index in [0.717, 1.165) is 32.1 Å². The molecular formula is C26H28F3N5O3. The number of benzene rings is 1. The Balaban J connectivity index is 1.15. The Labute approximate surface area is 212 Å². The quantitative estimate of drug-likeness (QED) is 0.540. The highest BCUT2D eigenvalue weighted by Gasteiger charge is 2.64. The summed E-state index contributed by atoms with van der Waals surface area (Å²) in [6, 6.07) is 8.03. The molecule has 37 heavy (non-hydrogen) atoms. The first-order chi connectivity index (χ1) is 17.8. The largest absolute Gasteiger partial charge is 0.573 e. The lowest BCUT2D eigenvalue weighted by molar-refractivity contribution is -0.301. The van der Waals surface area contributed by atoms with Gasteiger partial charge in [-0.15, -0.1) is 13.2 Å². The van der Waals surface area contributed by atoms with Crippen LogP contribution in [0.4, 0.5) is 24.9 Å². The van der Waals surface area contributed by atoms with Gasteiger partial charge >= 0.3 is 6.36 Å². The highest BCUT2D eigenvalue weighted by Crippen LogP contribution is 2.65. The van der Waals surface area contributed by atoms with Gasteiger partial charge in [0.05, 0.1) is 19.4 Å². The van der Waals surface area contributed by atoms with Crippen molar-refractivity contribution >= 4 is 11.8 Å². The van der Waals surface area contributed by atoms with Crippen LogP contribution in [0, 0.1) is 34.5 Å². The van der Waals surface area contributed by atoms with Gasteiger partial charge < -0.3 is 24.8 Å². The van der Waals surface area contributed by atoms with Crippen LogP contribution < -0.4 is 15.4 Å². The molecule has 1 aromatic heterocycles. The number of hydrogen-bond donors (Lipinski definition) is 2. The number of anilines is 2. The molecule has 1 spiro atoms. The van der Waals surface area contributed by atoms with Crippen LogP contribution in [0.5, 0.6) is 5.75 Å². The van der Waals surface area contributed by atoms with Crippen LogP contribution in [0.2, 0.25) is 0 Å². The van der Waals surface area contributed by atoms with Crippen molar-refractivity contribution < 1.29 is 27.4 Å². The van der Waals surface area contributed by atoms with Crippen LogP contribution in [0.1, 0.15) is 43.2 Å². The molecule has 0 radical (unpaired) electrons. The Morgan fingerprint density at radius 3 is 2.51 bits per heavy atom. The van der Waals surface area contributed by atoms with E-state index in [-0.39, 0.29) is 23.7 Å². The molecule has 4 aliphatic carbocycles. The number of nitrogens with zero attached hydrogens (tertiary/aromatic N) is 3. The van der Waals surface area contributed by atoms with Crippen molar-refractivity contribution in [3.05, 3.63) is 41.6 Å². The predicted molar refractivity (Wildman–Crippen MR) is 126 cm³/mol. The minimum absolute atomic E-state index is 0.0225. The van der Waals surface area contributed by atoms with Crippen LogP contribution in [0.25, 0.3) is 0 Å². The van der Waals surface area contributed by atoms with Crippen molar-refractivity contribution in [2.24, 2.45) is 23.2 Å². The van der Waals surface area contributed by atoms with Gasteiger partial charge in [0.25, 0.3) is 0 Å². The van der Waals surface area contributed by atoms with Gasteiger partial charge in [0.15, 0.2) is 5.79 Å². The van der Waals surface area contributed by atoms with E-state index in [4.69, 9.17) is 9.47 Å². The highest BCUT2D eigenvalue weighted by atomic mass is 19.4. The molecule has 0 amide bonds. The lowest BCUT2D eigenvalue weighted by atomic mass is 9.47. The number of hydrogen-bond acceptors (Lipinski definition) is 8. The molecule has 2 heterocycles. The first-order valence-electron chi connectivity index (χ1n) is 12.6. The molecule has 7 rings (SSSR count). The second-order valence-corrected chi connectivity index (χ2v) is 10.7. The van der Waals surface area contributed by atoms with Crippen molar-refractivity contribution in [2.75, 3.05) is 30.4 Å². The Morgan fingerprint density at radius 2 is 1.81 bits per heavy atom. The zero-order chi connectivity index (χ0) is 25.7. The molecule has 5 fully saturated rings. The summed E-state index contributed by atoms with van der Waals surface area (Å²) in [6.07, 6.45) is 2.08. The van der Waals surface area contributed by atoms with Crippen molar-refractivity contribution in [3.63, 3.8) is 0 Å². The Bertz CT molecular complexity index is 1190. The number of nitrogens with one attached hydrogen (secondary N) is 2. The normalized spacial score (nSPS) is 29.3. The molecule has 8 nitrogen and oxygen atoms in total. The Morgan fingerprint density at radius 1 is 1.08 bits per heavy atom. The fourth-order valence-corrected chi connectivity index (χ4v) is 7.22. The van der Waals surface area contributed by atoms with Crippen molar-refractivity contribution in [1.82, 2.24) is 9.97 Å². The summed E-state index contributed by atoms with van der Waals surface area (Å²) in [5, 5.41) is 16.0. The van der Waals surface area contributed by atoms with Crippen LogP contribution in [0.3, 0.4) is 0 Å². The van der Waals surface area contributed by atoms with E-state index >= 15 is 0 Å². The Hall–Kier alpha value is -3.10. The number of alkyl halides is 3. The molecule has 2 unspecified atom stereocenters. The first kappa shape index (κ1) is 24.2. The SMILES string of the molecule is N#Cc1cnc(NCc2ccccc2OC(F)(F)F)nc1NCC12CC3C[C@H](C1)C1(OCCO1)[C@@H](C3)C2. The standard InChI is InChI=1S/C26H28F3N5O3/c27-26(28,29)37-21-4-2-1-3-17(21)13-31-23-32-14-18(12-30)22(34-23)33-15-24-9-16-7-19(10-24)25(20(8-16)11-24)35-5-6-36-25/h1-4,14,16,19-20H,5-11,13,15H2,(H2,31,32,33,34)/t16?,19-,20+,24?. The number of para-hydroxylation sites is 1. The maximum absolute atomic E-state index is 12.7. The fourth-order valence-electron chi connectivity index (χ4n) is 7.22. The number of halogens is 3. The third-order valence-electron chi connectivity index (χ3n) is 8.37. The van der Waals surface area contributed by atoms with E-state index in [1.807, 2.05) is 0 Å². The van der Waals surface area contributed by atoms with E-state index in [9.17, 15) is 18.4 Å². The van der Waals surface area contributed by atoms with Crippen molar-refractivity contribution in [2.45, 2.75) is 50.8 Å². The second-order valence-electron chi connectivity index (χ2n) is 10.7. The molecule has 196 valence electrons. The molecule has 5 aliphatic rings. The first-order valence-corrected chi connectivity index (χ1v) is 12.6. The van der Waals surface area contributed by atoms with E-state index < -0.39 is 12.1 Å². The molecule has 4 atom stereocenters. The third-order valence-corrected chi connectivity index (χ3v) is 8.37. The minimum atomic E-state index is -4.79. The summed E-state index contributed by atoms with van der Waals surface area (Å²) in [5.74, 6) is 1.37. The summed E-state index contributed by atoms with van der Waals surface area (Å²) in [4.78, 5) is 8.65. The maximum atomic E-state index is 12.7. The van der Waals surface area contributed by atoms with Gasteiger partial charge in [-0.05, 0) is 49.5 Å². The highest BCUT2D eigenvalue weighted by molar-refractivity contribution is 5.53. The van der Waals surface area contributed by atoms with E-state index in [1.165, 1.54) is 24.4 Å². The fraction of sp³-hybridized carbons (Fsp3) is 0.577. The van der Waals surface area contributed by atoms with Gasteiger partial charge in [-0.25, -0.2) is 4.98 Å². The lowest BCUT2D eigenvalue weighted by Crippen LogP contribution is -2.62. The predicted octanol–water partition coefficient (Wildman–Crippen LogP) is 4.84. The van der Waals surface area contributed by atoms with Crippen molar-refractivity contribution in [3.8, 4) is 11.8 Å². The molecule has 11 heteroatoms. The second kappa shape index (κ2) is 9.03. The van der Waals surface area contributed by atoms with Crippen LogP contribution in [0.15, 0.2) is 30.5 Å². The van der Waals surface area contributed by atoms with Crippen LogP contribution in [-0.4, -0.2) is 41.9 Å². The van der Waals surface area contributed by atoms with E-state index in [1.54, 1.807) is 6.07 Å². The molecule has 4 bridgehead atoms.